The summed E-state index contributed by atoms with van der Waals surface area (Å²) in [6.07, 6.45) is 12.1. The van der Waals surface area contributed by atoms with E-state index in [2.05, 4.69) is 38.6 Å². The summed E-state index contributed by atoms with van der Waals surface area (Å²) >= 11 is 0. The Balaban J connectivity index is 2.14. The molecule has 0 aliphatic carbocycles. The number of aryl methyl sites for hydroxylation is 1. The lowest BCUT2D eigenvalue weighted by atomic mass is 9.98. The largest absolute Gasteiger partial charge is 0.497 e. The minimum absolute atomic E-state index is 0.864. The van der Waals surface area contributed by atoms with Crippen molar-refractivity contribution in [2.45, 2.75) is 39.5 Å². The molecule has 0 aromatic heterocycles. The first kappa shape index (κ1) is 19.8. The molecule has 0 unspecified atom stereocenters. The Bertz CT molecular complexity index is 766. The Morgan fingerprint density at radius 3 is 2.77 bits per heavy atom. The van der Waals surface area contributed by atoms with Crippen LogP contribution in [-0.4, -0.2) is 19.9 Å². The van der Waals surface area contributed by atoms with Gasteiger partial charge in [0, 0.05) is 12.1 Å². The van der Waals surface area contributed by atoms with Crippen molar-refractivity contribution in [3.05, 3.63) is 71.5 Å². The molecule has 3 heteroatoms. The SMILES string of the molecule is C=C/C=C1/N=C(C)CC=C/C1=C(/C)CCCc1cc(OC)ccc1OC. The highest BCUT2D eigenvalue weighted by molar-refractivity contribution is 5.85. The zero-order valence-corrected chi connectivity index (χ0v) is 16.3. The number of allylic oxidation sites excluding steroid dienone is 5. The minimum Gasteiger partial charge on any atom is -0.497 e. The molecule has 0 atom stereocenters. The summed E-state index contributed by atoms with van der Waals surface area (Å²) in [5.74, 6) is 1.78. The first-order chi connectivity index (χ1) is 12.6. The van der Waals surface area contributed by atoms with Crippen molar-refractivity contribution in [1.82, 2.24) is 0 Å². The summed E-state index contributed by atoms with van der Waals surface area (Å²) in [5, 5.41) is 0. The normalized spacial score (nSPS) is 17.5. The molecular formula is C23H29NO2. The Morgan fingerprint density at radius 1 is 1.27 bits per heavy atom. The number of hydrogen-bond donors (Lipinski definition) is 0. The molecule has 2 rings (SSSR count). The van der Waals surface area contributed by atoms with Gasteiger partial charge in [0.15, 0.2) is 0 Å². The van der Waals surface area contributed by atoms with Gasteiger partial charge in [0.25, 0.3) is 0 Å². The van der Waals surface area contributed by atoms with E-state index in [4.69, 9.17) is 14.5 Å². The van der Waals surface area contributed by atoms with E-state index >= 15 is 0 Å². The maximum Gasteiger partial charge on any atom is 0.122 e. The molecule has 138 valence electrons. The van der Waals surface area contributed by atoms with Crippen molar-refractivity contribution in [3.8, 4) is 11.5 Å². The van der Waals surface area contributed by atoms with Crippen LogP contribution in [0.25, 0.3) is 0 Å². The van der Waals surface area contributed by atoms with Crippen molar-refractivity contribution >= 4 is 5.71 Å². The summed E-state index contributed by atoms with van der Waals surface area (Å²) in [5.41, 5.74) is 5.85. The van der Waals surface area contributed by atoms with E-state index < -0.39 is 0 Å². The number of methoxy groups -OCH3 is 2. The Morgan fingerprint density at radius 2 is 2.08 bits per heavy atom. The minimum atomic E-state index is 0.864. The number of rotatable bonds is 7. The lowest BCUT2D eigenvalue weighted by Gasteiger charge is -2.12. The summed E-state index contributed by atoms with van der Waals surface area (Å²) in [6, 6.07) is 5.96. The second-order valence-electron chi connectivity index (χ2n) is 6.47. The second kappa shape index (κ2) is 9.81. The lowest BCUT2D eigenvalue weighted by Crippen LogP contribution is -1.96. The van der Waals surface area contributed by atoms with Gasteiger partial charge >= 0.3 is 0 Å². The molecule has 0 saturated heterocycles. The van der Waals surface area contributed by atoms with Crippen molar-refractivity contribution in [2.75, 3.05) is 14.2 Å². The van der Waals surface area contributed by atoms with E-state index in [0.29, 0.717) is 0 Å². The number of nitrogens with zero attached hydrogens (tertiary/aromatic N) is 1. The first-order valence-corrected chi connectivity index (χ1v) is 9.03. The number of ether oxygens (including phenoxy) is 2. The quantitative estimate of drug-likeness (QED) is 0.618. The highest BCUT2D eigenvalue weighted by Crippen LogP contribution is 2.28. The number of aliphatic imine (C=N–C) groups is 1. The summed E-state index contributed by atoms with van der Waals surface area (Å²) in [4.78, 5) is 4.73. The van der Waals surface area contributed by atoms with E-state index in [9.17, 15) is 0 Å². The van der Waals surface area contributed by atoms with Crippen LogP contribution < -0.4 is 9.47 Å². The van der Waals surface area contributed by atoms with Gasteiger partial charge in [0.05, 0.1) is 19.9 Å². The van der Waals surface area contributed by atoms with Gasteiger partial charge < -0.3 is 9.47 Å². The van der Waals surface area contributed by atoms with Crippen LogP contribution in [0.5, 0.6) is 11.5 Å². The molecule has 1 aliphatic heterocycles. The standard InChI is InChI=1S/C23H29NO2/c1-6-9-22-21(13-8-11-18(3)24-22)17(2)10-7-12-19-16-20(25-4)14-15-23(19)26-5/h6,8-9,13-16H,1,7,10-12H2,2-5H3/b21-17+,22-9+. The maximum absolute atomic E-state index is 5.48. The van der Waals surface area contributed by atoms with Gasteiger partial charge in [-0.15, -0.1) is 0 Å². The van der Waals surface area contributed by atoms with Crippen molar-refractivity contribution in [1.29, 1.82) is 0 Å². The molecule has 0 saturated carbocycles. The van der Waals surface area contributed by atoms with Crippen LogP contribution in [0.1, 0.15) is 38.7 Å². The molecular weight excluding hydrogens is 322 g/mol. The predicted molar refractivity (Wildman–Crippen MR) is 110 cm³/mol. The third-order valence-electron chi connectivity index (χ3n) is 4.51. The Kier molecular flexibility index (Phi) is 7.46. The highest BCUT2D eigenvalue weighted by atomic mass is 16.5. The molecule has 0 N–H and O–H groups in total. The maximum atomic E-state index is 5.48. The number of benzene rings is 1. The topological polar surface area (TPSA) is 30.8 Å². The molecule has 0 spiro atoms. The van der Waals surface area contributed by atoms with Crippen LogP contribution in [0.3, 0.4) is 0 Å². The molecule has 1 heterocycles. The van der Waals surface area contributed by atoms with Crippen LogP contribution in [0.2, 0.25) is 0 Å². The van der Waals surface area contributed by atoms with Crippen LogP contribution in [0.15, 0.2) is 70.9 Å². The molecule has 3 nitrogen and oxygen atoms in total. The fraction of sp³-hybridized carbons (Fsp3) is 0.348. The van der Waals surface area contributed by atoms with E-state index in [0.717, 1.165) is 48.6 Å². The number of hydrogen-bond acceptors (Lipinski definition) is 3. The third kappa shape index (κ3) is 5.22. The van der Waals surface area contributed by atoms with E-state index in [-0.39, 0.29) is 0 Å². The molecule has 0 radical (unpaired) electrons. The average Bonchev–Trinajstić information content (AvgIpc) is 2.82. The average molecular weight is 351 g/mol. The first-order valence-electron chi connectivity index (χ1n) is 9.03. The van der Waals surface area contributed by atoms with Crippen LogP contribution in [0, 0.1) is 0 Å². The predicted octanol–water partition coefficient (Wildman–Crippen LogP) is 5.83. The van der Waals surface area contributed by atoms with Crippen LogP contribution >= 0.6 is 0 Å². The van der Waals surface area contributed by atoms with Crippen molar-refractivity contribution in [2.24, 2.45) is 4.99 Å². The van der Waals surface area contributed by atoms with Crippen LogP contribution in [-0.2, 0) is 6.42 Å². The molecule has 0 amide bonds. The highest BCUT2D eigenvalue weighted by Gasteiger charge is 2.10. The lowest BCUT2D eigenvalue weighted by molar-refractivity contribution is 0.398. The summed E-state index contributed by atoms with van der Waals surface area (Å²) in [6.45, 7) is 8.08. The van der Waals surface area contributed by atoms with Crippen molar-refractivity contribution < 1.29 is 9.47 Å². The fourth-order valence-corrected chi connectivity index (χ4v) is 3.10. The smallest absolute Gasteiger partial charge is 0.122 e. The monoisotopic (exact) mass is 351 g/mol. The zero-order valence-electron chi connectivity index (χ0n) is 16.3. The van der Waals surface area contributed by atoms with E-state index in [1.54, 1.807) is 20.3 Å². The molecule has 1 aromatic rings. The molecule has 1 aliphatic rings. The van der Waals surface area contributed by atoms with Crippen LogP contribution in [0.4, 0.5) is 0 Å². The van der Waals surface area contributed by atoms with Gasteiger partial charge in [0.2, 0.25) is 0 Å². The van der Waals surface area contributed by atoms with Gasteiger partial charge in [-0.1, -0.05) is 30.4 Å². The van der Waals surface area contributed by atoms with Gasteiger partial charge in [-0.25, -0.2) is 0 Å². The summed E-state index contributed by atoms with van der Waals surface area (Å²) in [7, 11) is 3.40. The molecule has 0 fully saturated rings. The van der Waals surface area contributed by atoms with E-state index in [1.807, 2.05) is 18.2 Å². The Hall–Kier alpha value is -2.55. The fourth-order valence-electron chi connectivity index (χ4n) is 3.10. The van der Waals surface area contributed by atoms with Gasteiger partial charge in [-0.05, 0) is 68.5 Å². The Labute approximate surface area is 157 Å². The van der Waals surface area contributed by atoms with E-state index in [1.165, 1.54) is 16.7 Å². The summed E-state index contributed by atoms with van der Waals surface area (Å²) < 4.78 is 10.8. The van der Waals surface area contributed by atoms with Gasteiger partial charge in [-0.2, -0.15) is 0 Å². The third-order valence-corrected chi connectivity index (χ3v) is 4.51. The second-order valence-corrected chi connectivity index (χ2v) is 6.47. The van der Waals surface area contributed by atoms with Gasteiger partial charge in [0.1, 0.15) is 11.5 Å². The van der Waals surface area contributed by atoms with Crippen molar-refractivity contribution in [3.63, 3.8) is 0 Å². The molecule has 0 bridgehead atoms. The van der Waals surface area contributed by atoms with Gasteiger partial charge in [-0.3, -0.25) is 4.99 Å². The zero-order chi connectivity index (χ0) is 18.9. The molecule has 1 aromatic carbocycles. The molecule has 26 heavy (non-hydrogen) atoms.